The van der Waals surface area contributed by atoms with Crippen molar-refractivity contribution >= 4 is 16.9 Å². The van der Waals surface area contributed by atoms with Gasteiger partial charge in [-0.15, -0.1) is 0 Å². The van der Waals surface area contributed by atoms with E-state index in [1.54, 1.807) is 0 Å². The van der Waals surface area contributed by atoms with Gasteiger partial charge in [-0.2, -0.15) is 5.10 Å². The van der Waals surface area contributed by atoms with Gasteiger partial charge >= 0.3 is 0 Å². The third-order valence-electron chi connectivity index (χ3n) is 1.37. The molecule has 0 aromatic heterocycles. The van der Waals surface area contributed by atoms with Gasteiger partial charge in [-0.1, -0.05) is 32.5 Å². The maximum atomic E-state index is 5.40. The van der Waals surface area contributed by atoms with Gasteiger partial charge in [0.2, 0.25) is 0 Å². The summed E-state index contributed by atoms with van der Waals surface area (Å²) in [5, 5.41) is 4.31. The number of hydrogen-bond acceptors (Lipinski definition) is 3. The van der Waals surface area contributed by atoms with Crippen molar-refractivity contribution in [3.8, 4) is 0 Å². The summed E-state index contributed by atoms with van der Waals surface area (Å²) in [6.45, 7) is 6.39. The smallest absolute Gasteiger partial charge is 0.177 e. The summed E-state index contributed by atoms with van der Waals surface area (Å²) in [6, 6.07) is 0. The van der Waals surface area contributed by atoms with Gasteiger partial charge < -0.3 is 11.6 Å². The molecule has 0 amide bonds. The third-order valence-corrected chi connectivity index (χ3v) is 2.64. The fourth-order valence-corrected chi connectivity index (χ4v) is 1.07. The molecule has 0 radical (unpaired) electrons. The fourth-order valence-electron chi connectivity index (χ4n) is 0.357. The number of hydrazone groups is 1. The second kappa shape index (κ2) is 4.44. The fraction of sp³-hybridized carbons (Fsp3) is 0.833. The van der Waals surface area contributed by atoms with Gasteiger partial charge in [0.05, 0.1) is 0 Å². The average molecular weight is 161 g/mol. The molecule has 0 spiro atoms. The molecule has 0 bridgehead atoms. The van der Waals surface area contributed by atoms with Gasteiger partial charge in [-0.05, 0) is 5.92 Å². The predicted octanol–water partition coefficient (Wildman–Crippen LogP) is 0.953. The SMILES string of the molecule is CC(C)C(C)S/C(N)=N/N. The first-order valence-corrected chi connectivity index (χ1v) is 4.16. The van der Waals surface area contributed by atoms with E-state index in [-0.39, 0.29) is 0 Å². The minimum atomic E-state index is 0.459. The number of nitrogens with zero attached hydrogens (tertiary/aromatic N) is 1. The van der Waals surface area contributed by atoms with Gasteiger partial charge in [0.1, 0.15) is 0 Å². The zero-order valence-corrected chi connectivity index (χ0v) is 7.48. The van der Waals surface area contributed by atoms with Crippen molar-refractivity contribution < 1.29 is 0 Å². The molecule has 1 unspecified atom stereocenters. The first-order chi connectivity index (χ1) is 4.57. The number of hydrogen-bond donors (Lipinski definition) is 2. The van der Waals surface area contributed by atoms with Gasteiger partial charge in [0.15, 0.2) is 5.17 Å². The molecule has 60 valence electrons. The molecule has 0 fully saturated rings. The number of nitrogens with two attached hydrogens (primary N) is 2. The molecule has 1 atom stereocenters. The average Bonchev–Trinajstić information content (AvgIpc) is 1.87. The summed E-state index contributed by atoms with van der Waals surface area (Å²) in [4.78, 5) is 0. The summed E-state index contributed by atoms with van der Waals surface area (Å²) in [6.07, 6.45) is 0. The maximum absolute atomic E-state index is 5.40. The molecule has 0 saturated carbocycles. The summed E-state index contributed by atoms with van der Waals surface area (Å²) in [5.74, 6) is 5.56. The molecule has 3 nitrogen and oxygen atoms in total. The minimum Gasteiger partial charge on any atom is -0.377 e. The second-order valence-electron chi connectivity index (χ2n) is 2.53. The molecule has 0 saturated heterocycles. The molecule has 10 heavy (non-hydrogen) atoms. The van der Waals surface area contributed by atoms with Crippen LogP contribution in [0.5, 0.6) is 0 Å². The van der Waals surface area contributed by atoms with E-state index in [9.17, 15) is 0 Å². The van der Waals surface area contributed by atoms with Crippen LogP contribution in [0.15, 0.2) is 5.10 Å². The van der Waals surface area contributed by atoms with Crippen LogP contribution in [-0.4, -0.2) is 10.4 Å². The van der Waals surface area contributed by atoms with E-state index in [0.29, 0.717) is 16.3 Å². The van der Waals surface area contributed by atoms with Crippen LogP contribution >= 0.6 is 11.8 Å². The van der Waals surface area contributed by atoms with Crippen molar-refractivity contribution in [1.29, 1.82) is 0 Å². The quantitative estimate of drug-likeness (QED) is 0.274. The Hall–Kier alpha value is -0.380. The molecule has 0 aromatic carbocycles. The van der Waals surface area contributed by atoms with Crippen LogP contribution in [0.25, 0.3) is 0 Å². The van der Waals surface area contributed by atoms with Crippen molar-refractivity contribution in [2.45, 2.75) is 26.0 Å². The standard InChI is InChI=1S/C6H15N3S/c1-4(2)5(3)10-6(7)9-8/h4-5H,8H2,1-3H3,(H2,7,9). The number of amidine groups is 1. The lowest BCUT2D eigenvalue weighted by Crippen LogP contribution is -2.16. The Morgan fingerprint density at radius 1 is 1.40 bits per heavy atom. The number of thioether (sulfide) groups is 1. The van der Waals surface area contributed by atoms with Crippen molar-refractivity contribution in [1.82, 2.24) is 0 Å². The van der Waals surface area contributed by atoms with E-state index in [1.807, 2.05) is 0 Å². The van der Waals surface area contributed by atoms with Crippen LogP contribution in [0.1, 0.15) is 20.8 Å². The summed E-state index contributed by atoms with van der Waals surface area (Å²) in [5.41, 5.74) is 5.40. The first kappa shape index (κ1) is 9.62. The molecule has 0 aliphatic heterocycles. The van der Waals surface area contributed by atoms with E-state index in [4.69, 9.17) is 11.6 Å². The predicted molar refractivity (Wildman–Crippen MR) is 47.7 cm³/mol. The first-order valence-electron chi connectivity index (χ1n) is 3.28. The second-order valence-corrected chi connectivity index (χ2v) is 3.93. The normalized spacial score (nSPS) is 15.8. The summed E-state index contributed by atoms with van der Waals surface area (Å²) >= 11 is 1.51. The van der Waals surface area contributed by atoms with E-state index in [2.05, 4.69) is 25.9 Å². The largest absolute Gasteiger partial charge is 0.377 e. The number of rotatable bonds is 2. The molecule has 0 rings (SSSR count). The Balaban J connectivity index is 3.68. The summed E-state index contributed by atoms with van der Waals surface area (Å²) < 4.78 is 0. The lowest BCUT2D eigenvalue weighted by molar-refractivity contribution is 0.644. The van der Waals surface area contributed by atoms with E-state index in [1.165, 1.54) is 11.8 Å². The van der Waals surface area contributed by atoms with E-state index in [0.717, 1.165) is 0 Å². The highest BCUT2D eigenvalue weighted by atomic mass is 32.2. The van der Waals surface area contributed by atoms with Crippen molar-refractivity contribution in [3.05, 3.63) is 0 Å². The van der Waals surface area contributed by atoms with Crippen LogP contribution < -0.4 is 11.6 Å². The molecule has 0 aromatic rings. The van der Waals surface area contributed by atoms with Gasteiger partial charge in [-0.25, -0.2) is 0 Å². The third kappa shape index (κ3) is 3.61. The molecular formula is C6H15N3S. The topological polar surface area (TPSA) is 64.4 Å². The molecule has 0 aliphatic carbocycles. The van der Waals surface area contributed by atoms with Gasteiger partial charge in [0, 0.05) is 5.25 Å². The van der Waals surface area contributed by atoms with Crippen molar-refractivity contribution in [2.24, 2.45) is 22.6 Å². The Kier molecular flexibility index (Phi) is 4.27. The van der Waals surface area contributed by atoms with Crippen molar-refractivity contribution in [3.63, 3.8) is 0 Å². The molecule has 4 heteroatoms. The van der Waals surface area contributed by atoms with Crippen LogP contribution in [0.4, 0.5) is 0 Å². The lowest BCUT2D eigenvalue weighted by atomic mass is 10.2. The van der Waals surface area contributed by atoms with Crippen LogP contribution in [0.2, 0.25) is 0 Å². The highest BCUT2D eigenvalue weighted by Crippen LogP contribution is 2.17. The Labute approximate surface area is 66.2 Å². The lowest BCUT2D eigenvalue weighted by Gasteiger charge is -2.12. The minimum absolute atomic E-state index is 0.459. The van der Waals surface area contributed by atoms with Crippen LogP contribution in [0, 0.1) is 5.92 Å². The zero-order valence-electron chi connectivity index (χ0n) is 6.66. The molecule has 0 heterocycles. The highest BCUT2D eigenvalue weighted by Gasteiger charge is 2.08. The van der Waals surface area contributed by atoms with E-state index < -0.39 is 0 Å². The van der Waals surface area contributed by atoms with Crippen LogP contribution in [-0.2, 0) is 0 Å². The molecular weight excluding hydrogens is 146 g/mol. The van der Waals surface area contributed by atoms with Gasteiger partial charge in [0.25, 0.3) is 0 Å². The zero-order chi connectivity index (χ0) is 8.15. The van der Waals surface area contributed by atoms with Crippen molar-refractivity contribution in [2.75, 3.05) is 0 Å². The van der Waals surface area contributed by atoms with Gasteiger partial charge in [-0.3, -0.25) is 0 Å². The monoisotopic (exact) mass is 161 g/mol. The highest BCUT2D eigenvalue weighted by molar-refractivity contribution is 8.14. The maximum Gasteiger partial charge on any atom is 0.177 e. The van der Waals surface area contributed by atoms with E-state index >= 15 is 0 Å². The molecule has 4 N–H and O–H groups in total. The summed E-state index contributed by atoms with van der Waals surface area (Å²) in [7, 11) is 0. The Bertz CT molecular complexity index is 122. The molecule has 0 aliphatic rings. The Morgan fingerprint density at radius 2 is 1.90 bits per heavy atom. The van der Waals surface area contributed by atoms with Crippen LogP contribution in [0.3, 0.4) is 0 Å². The Morgan fingerprint density at radius 3 is 2.20 bits per heavy atom.